The summed E-state index contributed by atoms with van der Waals surface area (Å²) in [4.78, 5) is 27.0. The van der Waals surface area contributed by atoms with Gasteiger partial charge in [0, 0.05) is 24.4 Å². The Bertz CT molecular complexity index is 458. The largest absolute Gasteiger partial charge is 0.352 e. The summed E-state index contributed by atoms with van der Waals surface area (Å²) in [6.07, 6.45) is 1.30. The fourth-order valence-corrected chi connectivity index (χ4v) is 2.50. The van der Waals surface area contributed by atoms with Crippen LogP contribution in [-0.4, -0.2) is 29.4 Å². The number of rotatable bonds is 4. The lowest BCUT2D eigenvalue weighted by atomic mass is 10.2. The van der Waals surface area contributed by atoms with Gasteiger partial charge in [0.15, 0.2) is 0 Å². The highest BCUT2D eigenvalue weighted by Crippen LogP contribution is 2.15. The first-order chi connectivity index (χ1) is 8.56. The van der Waals surface area contributed by atoms with Gasteiger partial charge < -0.3 is 16.4 Å². The summed E-state index contributed by atoms with van der Waals surface area (Å²) in [6.45, 7) is 2.27. The van der Waals surface area contributed by atoms with Crippen LogP contribution in [0.25, 0.3) is 0 Å². The molecule has 1 fully saturated rings. The van der Waals surface area contributed by atoms with Gasteiger partial charge in [-0.05, 0) is 13.3 Å². The van der Waals surface area contributed by atoms with Crippen molar-refractivity contribution >= 4 is 23.2 Å². The third-order valence-electron chi connectivity index (χ3n) is 2.74. The maximum absolute atomic E-state index is 11.8. The molecule has 6 nitrogen and oxygen atoms in total. The van der Waals surface area contributed by atoms with Gasteiger partial charge in [-0.3, -0.25) is 9.59 Å². The van der Waals surface area contributed by atoms with E-state index >= 15 is 0 Å². The van der Waals surface area contributed by atoms with Crippen molar-refractivity contribution in [1.29, 1.82) is 0 Å². The maximum atomic E-state index is 11.8. The number of thiazole rings is 1. The fourth-order valence-electron chi connectivity index (χ4n) is 1.74. The standard InChI is InChI=1S/C11H16N4O2S/c1-6(12)11-15-8(5-18-11)10(17)13-4-7-2-3-9(16)14-7/h5-7H,2-4,12H2,1H3,(H,13,17)(H,14,16). The summed E-state index contributed by atoms with van der Waals surface area (Å²) in [6, 6.07) is -0.126. The van der Waals surface area contributed by atoms with Gasteiger partial charge in [0.1, 0.15) is 10.7 Å². The van der Waals surface area contributed by atoms with Crippen molar-refractivity contribution in [2.45, 2.75) is 31.8 Å². The molecule has 2 atom stereocenters. The molecular weight excluding hydrogens is 252 g/mol. The summed E-state index contributed by atoms with van der Waals surface area (Å²) in [5.74, 6) is -0.179. The third-order valence-corrected chi connectivity index (χ3v) is 3.78. The van der Waals surface area contributed by atoms with Crippen LogP contribution < -0.4 is 16.4 Å². The van der Waals surface area contributed by atoms with Crippen LogP contribution in [0.3, 0.4) is 0 Å². The van der Waals surface area contributed by atoms with Gasteiger partial charge in [-0.2, -0.15) is 0 Å². The molecule has 2 heterocycles. The van der Waals surface area contributed by atoms with Crippen LogP contribution in [0, 0.1) is 0 Å². The molecule has 2 unspecified atom stereocenters. The molecule has 1 aromatic heterocycles. The van der Waals surface area contributed by atoms with E-state index in [9.17, 15) is 9.59 Å². The first kappa shape index (κ1) is 13.0. The molecule has 1 aliphatic rings. The second-order valence-corrected chi connectivity index (χ2v) is 5.26. The predicted molar refractivity (Wildman–Crippen MR) is 68.2 cm³/mol. The Labute approximate surface area is 109 Å². The smallest absolute Gasteiger partial charge is 0.270 e. The Balaban J connectivity index is 1.85. The van der Waals surface area contributed by atoms with Crippen LogP contribution in [0.5, 0.6) is 0 Å². The molecule has 4 N–H and O–H groups in total. The van der Waals surface area contributed by atoms with E-state index in [-0.39, 0.29) is 23.9 Å². The number of hydrogen-bond acceptors (Lipinski definition) is 5. The summed E-state index contributed by atoms with van der Waals surface area (Å²) in [7, 11) is 0. The van der Waals surface area contributed by atoms with E-state index in [1.807, 2.05) is 6.92 Å². The molecule has 1 saturated heterocycles. The Morgan fingerprint density at radius 1 is 1.78 bits per heavy atom. The molecule has 1 aromatic rings. The van der Waals surface area contributed by atoms with Crippen molar-refractivity contribution in [1.82, 2.24) is 15.6 Å². The lowest BCUT2D eigenvalue weighted by molar-refractivity contribution is -0.119. The number of hydrogen-bond donors (Lipinski definition) is 3. The van der Waals surface area contributed by atoms with Crippen molar-refractivity contribution in [3.05, 3.63) is 16.1 Å². The average molecular weight is 268 g/mol. The SMILES string of the molecule is CC(N)c1nc(C(=O)NCC2CCC(=O)N2)cs1. The molecule has 0 bridgehead atoms. The third kappa shape index (κ3) is 3.05. The lowest BCUT2D eigenvalue weighted by Gasteiger charge is -2.10. The highest BCUT2D eigenvalue weighted by molar-refractivity contribution is 7.09. The minimum absolute atomic E-state index is 0.0352. The zero-order valence-corrected chi connectivity index (χ0v) is 10.9. The molecule has 98 valence electrons. The number of aromatic nitrogens is 1. The molecular formula is C11H16N4O2S. The molecule has 0 aromatic carbocycles. The average Bonchev–Trinajstić information content (AvgIpc) is 2.94. The van der Waals surface area contributed by atoms with E-state index in [4.69, 9.17) is 5.73 Å². The van der Waals surface area contributed by atoms with Crippen molar-refractivity contribution in [2.75, 3.05) is 6.54 Å². The van der Waals surface area contributed by atoms with Gasteiger partial charge in [0.05, 0.1) is 6.04 Å². The molecule has 7 heteroatoms. The minimum Gasteiger partial charge on any atom is -0.352 e. The molecule has 0 aliphatic carbocycles. The quantitative estimate of drug-likeness (QED) is 0.725. The van der Waals surface area contributed by atoms with Gasteiger partial charge in [-0.25, -0.2) is 4.98 Å². The van der Waals surface area contributed by atoms with Crippen LogP contribution in [0.15, 0.2) is 5.38 Å². The number of carbonyl (C=O) groups excluding carboxylic acids is 2. The second kappa shape index (κ2) is 5.45. The van der Waals surface area contributed by atoms with Crippen molar-refractivity contribution in [3.8, 4) is 0 Å². The molecule has 1 aliphatic heterocycles. The summed E-state index contributed by atoms with van der Waals surface area (Å²) < 4.78 is 0. The zero-order valence-electron chi connectivity index (χ0n) is 10.1. The first-order valence-corrected chi connectivity index (χ1v) is 6.73. The number of carbonyl (C=O) groups is 2. The first-order valence-electron chi connectivity index (χ1n) is 5.85. The van der Waals surface area contributed by atoms with Gasteiger partial charge in [0.2, 0.25) is 5.91 Å². The van der Waals surface area contributed by atoms with E-state index in [1.165, 1.54) is 11.3 Å². The Morgan fingerprint density at radius 2 is 2.56 bits per heavy atom. The van der Waals surface area contributed by atoms with Gasteiger partial charge >= 0.3 is 0 Å². The Hall–Kier alpha value is -1.47. The highest BCUT2D eigenvalue weighted by Gasteiger charge is 2.21. The highest BCUT2D eigenvalue weighted by atomic mass is 32.1. The molecule has 0 radical (unpaired) electrons. The normalized spacial score (nSPS) is 20.6. The predicted octanol–water partition coefficient (Wildman–Crippen LogP) is 0.171. The molecule has 18 heavy (non-hydrogen) atoms. The summed E-state index contributed by atoms with van der Waals surface area (Å²) >= 11 is 1.38. The van der Waals surface area contributed by atoms with Crippen LogP contribution in [-0.2, 0) is 4.79 Å². The monoisotopic (exact) mass is 268 g/mol. The van der Waals surface area contributed by atoms with Crippen LogP contribution in [0.1, 0.15) is 41.3 Å². The molecule has 0 saturated carbocycles. The van der Waals surface area contributed by atoms with E-state index < -0.39 is 0 Å². The summed E-state index contributed by atoms with van der Waals surface area (Å²) in [5, 5.41) is 8.00. The lowest BCUT2D eigenvalue weighted by Crippen LogP contribution is -2.38. The minimum atomic E-state index is -0.223. The van der Waals surface area contributed by atoms with Crippen molar-refractivity contribution in [2.24, 2.45) is 5.73 Å². The topological polar surface area (TPSA) is 97.1 Å². The number of nitrogens with two attached hydrogens (primary N) is 1. The zero-order chi connectivity index (χ0) is 13.1. The van der Waals surface area contributed by atoms with Gasteiger partial charge in [-0.15, -0.1) is 11.3 Å². The summed E-state index contributed by atoms with van der Waals surface area (Å²) in [5.41, 5.74) is 6.07. The van der Waals surface area contributed by atoms with E-state index in [1.54, 1.807) is 5.38 Å². The van der Waals surface area contributed by atoms with E-state index in [2.05, 4.69) is 15.6 Å². The Kier molecular flexibility index (Phi) is 3.93. The maximum Gasteiger partial charge on any atom is 0.270 e. The number of nitrogens with one attached hydrogen (secondary N) is 2. The van der Waals surface area contributed by atoms with E-state index in [0.717, 1.165) is 11.4 Å². The van der Waals surface area contributed by atoms with Gasteiger partial charge in [0.25, 0.3) is 5.91 Å². The fraction of sp³-hybridized carbons (Fsp3) is 0.545. The Morgan fingerprint density at radius 3 is 3.11 bits per heavy atom. The number of amides is 2. The van der Waals surface area contributed by atoms with E-state index in [0.29, 0.717) is 18.7 Å². The van der Waals surface area contributed by atoms with Crippen molar-refractivity contribution in [3.63, 3.8) is 0 Å². The second-order valence-electron chi connectivity index (χ2n) is 4.37. The molecule has 0 spiro atoms. The van der Waals surface area contributed by atoms with Crippen molar-refractivity contribution < 1.29 is 9.59 Å². The molecule has 2 amide bonds. The molecule has 2 rings (SSSR count). The van der Waals surface area contributed by atoms with Crippen LogP contribution >= 0.6 is 11.3 Å². The van der Waals surface area contributed by atoms with Gasteiger partial charge in [-0.1, -0.05) is 0 Å². The number of nitrogens with zero attached hydrogens (tertiary/aromatic N) is 1. The van der Waals surface area contributed by atoms with Crippen LogP contribution in [0.4, 0.5) is 0 Å². The van der Waals surface area contributed by atoms with Crippen LogP contribution in [0.2, 0.25) is 0 Å².